The highest BCUT2D eigenvalue weighted by Crippen LogP contribution is 2.38. The van der Waals surface area contributed by atoms with Crippen LogP contribution in [0.5, 0.6) is 0 Å². The molecule has 4 rings (SSSR count). The van der Waals surface area contributed by atoms with Crippen molar-refractivity contribution in [1.82, 2.24) is 14.7 Å². The quantitative estimate of drug-likeness (QED) is 0.435. The number of carbonyl (C=O) groups is 1. The second-order valence-electron chi connectivity index (χ2n) is 7.46. The summed E-state index contributed by atoms with van der Waals surface area (Å²) in [5, 5.41) is 2.49. The van der Waals surface area contributed by atoms with Crippen molar-refractivity contribution in [3.05, 3.63) is 45.6 Å². The number of amides is 2. The standard InChI is InChI=1S/C20H20BrFN4O4S2/c1-11-24-17(12-5-3-2-4-6-12)18(30-11)13-7-8-15(14(22)9-13)32(28,29)26-19(27)25-20-23-10-16(21)31-20/h7-10,12H,2-6H2,1H3,(H2,23,25,26,27). The van der Waals surface area contributed by atoms with Gasteiger partial charge >= 0.3 is 6.03 Å². The average molecular weight is 543 g/mol. The van der Waals surface area contributed by atoms with Crippen molar-refractivity contribution in [3.63, 3.8) is 0 Å². The number of nitrogens with zero attached hydrogens (tertiary/aromatic N) is 2. The van der Waals surface area contributed by atoms with Crippen molar-refractivity contribution in [2.24, 2.45) is 0 Å². The molecular formula is C20H20BrFN4O4S2. The Balaban J connectivity index is 1.56. The summed E-state index contributed by atoms with van der Waals surface area (Å²) in [6, 6.07) is 2.62. The molecule has 2 N–H and O–H groups in total. The van der Waals surface area contributed by atoms with Crippen LogP contribution in [0, 0.1) is 12.7 Å². The van der Waals surface area contributed by atoms with E-state index < -0.39 is 26.8 Å². The third-order valence-electron chi connectivity index (χ3n) is 5.16. The summed E-state index contributed by atoms with van der Waals surface area (Å²) in [6.07, 6.45) is 6.83. The molecule has 1 saturated carbocycles. The van der Waals surface area contributed by atoms with E-state index in [0.29, 0.717) is 21.0 Å². The van der Waals surface area contributed by atoms with E-state index in [0.717, 1.165) is 54.8 Å². The summed E-state index contributed by atoms with van der Waals surface area (Å²) in [5.41, 5.74) is 1.18. The summed E-state index contributed by atoms with van der Waals surface area (Å²) in [4.78, 5) is 19.8. The third-order valence-corrected chi connectivity index (χ3v) is 7.92. The van der Waals surface area contributed by atoms with E-state index in [2.05, 4.69) is 31.2 Å². The molecular weight excluding hydrogens is 523 g/mol. The smallest absolute Gasteiger partial charge is 0.334 e. The molecule has 32 heavy (non-hydrogen) atoms. The SMILES string of the molecule is Cc1nc(C2CCCCC2)c(-c2ccc(S(=O)(=O)NC(=O)Nc3ncc(Br)s3)c(F)c2)o1. The van der Waals surface area contributed by atoms with Gasteiger partial charge in [0, 0.05) is 18.4 Å². The lowest BCUT2D eigenvalue weighted by Crippen LogP contribution is -2.34. The zero-order valence-electron chi connectivity index (χ0n) is 17.0. The van der Waals surface area contributed by atoms with Crippen molar-refractivity contribution < 1.29 is 22.0 Å². The van der Waals surface area contributed by atoms with Gasteiger partial charge in [0.25, 0.3) is 10.0 Å². The van der Waals surface area contributed by atoms with Crippen LogP contribution in [-0.4, -0.2) is 24.4 Å². The fourth-order valence-electron chi connectivity index (χ4n) is 3.77. The largest absolute Gasteiger partial charge is 0.441 e. The van der Waals surface area contributed by atoms with Crippen LogP contribution < -0.4 is 10.0 Å². The number of anilines is 1. The number of hydrogen-bond acceptors (Lipinski definition) is 7. The molecule has 1 fully saturated rings. The van der Waals surface area contributed by atoms with E-state index in [1.165, 1.54) is 18.7 Å². The Labute approximate surface area is 196 Å². The maximum absolute atomic E-state index is 14.9. The Kier molecular flexibility index (Phi) is 6.63. The summed E-state index contributed by atoms with van der Waals surface area (Å²) in [5.74, 6) is 0.171. The number of oxazole rings is 1. The van der Waals surface area contributed by atoms with E-state index in [1.54, 1.807) is 11.6 Å². The Morgan fingerprint density at radius 1 is 1.28 bits per heavy atom. The molecule has 12 heteroatoms. The first-order valence-corrected chi connectivity index (χ1v) is 13.0. The number of nitrogens with one attached hydrogen (secondary N) is 2. The van der Waals surface area contributed by atoms with E-state index in [1.807, 2.05) is 0 Å². The lowest BCUT2D eigenvalue weighted by Gasteiger charge is -2.20. The fraction of sp³-hybridized carbons (Fsp3) is 0.350. The van der Waals surface area contributed by atoms with Crippen molar-refractivity contribution in [1.29, 1.82) is 0 Å². The summed E-state index contributed by atoms with van der Waals surface area (Å²) >= 11 is 4.30. The molecule has 0 atom stereocenters. The minimum atomic E-state index is -4.45. The minimum absolute atomic E-state index is 0.191. The Bertz CT molecular complexity index is 1250. The van der Waals surface area contributed by atoms with Crippen molar-refractivity contribution >= 4 is 48.5 Å². The monoisotopic (exact) mass is 542 g/mol. The summed E-state index contributed by atoms with van der Waals surface area (Å²) < 4.78 is 48.2. The van der Waals surface area contributed by atoms with Crippen LogP contribution in [0.15, 0.2) is 37.5 Å². The first-order valence-electron chi connectivity index (χ1n) is 9.95. The molecule has 1 aromatic carbocycles. The van der Waals surface area contributed by atoms with Gasteiger partial charge in [0.2, 0.25) is 0 Å². The Hall–Kier alpha value is -2.31. The van der Waals surface area contributed by atoms with Crippen LogP contribution >= 0.6 is 27.3 Å². The van der Waals surface area contributed by atoms with Crippen LogP contribution in [0.25, 0.3) is 11.3 Å². The highest BCUT2D eigenvalue weighted by atomic mass is 79.9. The van der Waals surface area contributed by atoms with E-state index in [9.17, 15) is 17.6 Å². The molecule has 170 valence electrons. The van der Waals surface area contributed by atoms with Crippen LogP contribution in [0.4, 0.5) is 14.3 Å². The highest BCUT2D eigenvalue weighted by Gasteiger charge is 2.27. The zero-order valence-corrected chi connectivity index (χ0v) is 20.2. The molecule has 2 aromatic heterocycles. The second-order valence-corrected chi connectivity index (χ2v) is 11.5. The number of sulfonamides is 1. The summed E-state index contributed by atoms with van der Waals surface area (Å²) in [7, 11) is -4.45. The second kappa shape index (κ2) is 9.28. The lowest BCUT2D eigenvalue weighted by atomic mass is 9.85. The van der Waals surface area contributed by atoms with Crippen LogP contribution in [0.2, 0.25) is 0 Å². The van der Waals surface area contributed by atoms with Crippen LogP contribution in [0.1, 0.15) is 49.6 Å². The predicted octanol–water partition coefficient (Wildman–Crippen LogP) is 5.57. The topological polar surface area (TPSA) is 114 Å². The van der Waals surface area contributed by atoms with Gasteiger partial charge in [0.05, 0.1) is 15.7 Å². The van der Waals surface area contributed by atoms with E-state index in [4.69, 9.17) is 4.42 Å². The maximum Gasteiger partial charge on any atom is 0.334 e. The molecule has 0 saturated heterocycles. The van der Waals surface area contributed by atoms with Crippen LogP contribution in [-0.2, 0) is 10.0 Å². The van der Waals surface area contributed by atoms with Crippen molar-refractivity contribution in [3.8, 4) is 11.3 Å². The molecule has 8 nitrogen and oxygen atoms in total. The third kappa shape index (κ3) is 5.02. The molecule has 0 unspecified atom stereocenters. The summed E-state index contributed by atoms with van der Waals surface area (Å²) in [6.45, 7) is 1.73. The molecule has 1 aliphatic carbocycles. The number of aromatic nitrogens is 2. The highest BCUT2D eigenvalue weighted by molar-refractivity contribution is 9.11. The first kappa shape index (κ1) is 22.9. The van der Waals surface area contributed by atoms with Crippen LogP contribution in [0.3, 0.4) is 0 Å². The van der Waals surface area contributed by atoms with Crippen molar-refractivity contribution in [2.45, 2.75) is 49.8 Å². The number of thiazole rings is 1. The number of rotatable bonds is 5. The van der Waals surface area contributed by atoms with Crippen molar-refractivity contribution in [2.75, 3.05) is 5.32 Å². The van der Waals surface area contributed by atoms with Gasteiger partial charge < -0.3 is 4.42 Å². The number of carbonyl (C=O) groups excluding carboxylic acids is 1. The van der Waals surface area contributed by atoms with Gasteiger partial charge in [-0.2, -0.15) is 0 Å². The molecule has 0 radical (unpaired) electrons. The first-order chi connectivity index (χ1) is 15.2. The van der Waals surface area contributed by atoms with Gasteiger partial charge in [-0.05, 0) is 47.0 Å². The van der Waals surface area contributed by atoms with Gasteiger partial charge in [-0.15, -0.1) is 0 Å². The molecule has 0 bridgehead atoms. The molecule has 1 aliphatic rings. The van der Waals surface area contributed by atoms with Gasteiger partial charge in [-0.25, -0.2) is 32.3 Å². The average Bonchev–Trinajstić information content (AvgIpc) is 3.33. The maximum atomic E-state index is 14.9. The molecule has 0 spiro atoms. The predicted molar refractivity (Wildman–Crippen MR) is 122 cm³/mol. The minimum Gasteiger partial charge on any atom is -0.441 e. The number of halogens is 2. The number of urea groups is 1. The Morgan fingerprint density at radius 3 is 2.69 bits per heavy atom. The van der Waals surface area contributed by atoms with E-state index in [-0.39, 0.29) is 11.0 Å². The zero-order chi connectivity index (χ0) is 22.9. The van der Waals surface area contributed by atoms with Gasteiger partial charge in [0.1, 0.15) is 10.7 Å². The van der Waals surface area contributed by atoms with Gasteiger partial charge in [-0.1, -0.05) is 30.6 Å². The molecule has 2 amide bonds. The fourth-order valence-corrected chi connectivity index (χ4v) is 5.84. The van der Waals surface area contributed by atoms with Gasteiger partial charge in [0.15, 0.2) is 16.8 Å². The number of aryl methyl sites for hydroxylation is 1. The molecule has 0 aliphatic heterocycles. The molecule has 2 heterocycles. The molecule has 3 aromatic rings. The van der Waals surface area contributed by atoms with Gasteiger partial charge in [-0.3, -0.25) is 5.32 Å². The Morgan fingerprint density at radius 2 is 2.03 bits per heavy atom. The number of benzene rings is 1. The van der Waals surface area contributed by atoms with E-state index >= 15 is 0 Å². The normalized spacial score (nSPS) is 15.0. The number of hydrogen-bond donors (Lipinski definition) is 2. The lowest BCUT2D eigenvalue weighted by molar-refractivity contribution is 0.256.